The molecule has 0 spiro atoms. The van der Waals surface area contributed by atoms with E-state index in [0.29, 0.717) is 27.7 Å². The Morgan fingerprint density at radius 3 is 2.19 bits per heavy atom. The quantitative estimate of drug-likeness (QED) is 0.126. The van der Waals surface area contributed by atoms with Crippen LogP contribution in [-0.2, 0) is 42.2 Å². The molecule has 0 N–H and O–H groups in total. The molecular formula is C36H33ClN2O8S. The van der Waals surface area contributed by atoms with Crippen molar-refractivity contribution in [3.63, 3.8) is 0 Å². The fourth-order valence-electron chi connectivity index (χ4n) is 5.20. The van der Waals surface area contributed by atoms with Crippen LogP contribution in [0.25, 0.3) is 6.08 Å². The van der Waals surface area contributed by atoms with Gasteiger partial charge in [0.1, 0.15) is 11.5 Å². The number of furan rings is 1. The van der Waals surface area contributed by atoms with E-state index in [1.807, 2.05) is 31.2 Å². The summed E-state index contributed by atoms with van der Waals surface area (Å²) < 4.78 is 45.0. The molecule has 0 unspecified atom stereocenters. The number of allylic oxidation sites excluding steroid dienone is 1. The van der Waals surface area contributed by atoms with Crippen LogP contribution in [0.3, 0.4) is 0 Å². The normalized spacial score (nSPS) is 14.2. The van der Waals surface area contributed by atoms with Crippen molar-refractivity contribution in [1.29, 1.82) is 0 Å². The maximum atomic E-state index is 13.8. The first kappa shape index (κ1) is 34.4. The number of aryl methyl sites for hydroxylation is 1. The summed E-state index contributed by atoms with van der Waals surface area (Å²) >= 11 is 6.01. The highest BCUT2D eigenvalue weighted by Crippen LogP contribution is 2.36. The number of carbonyl (C=O) groups is 3. The van der Waals surface area contributed by atoms with E-state index in [4.69, 9.17) is 25.5 Å². The number of benzene rings is 3. The van der Waals surface area contributed by atoms with E-state index in [1.54, 1.807) is 38.1 Å². The minimum atomic E-state index is -3.99. The van der Waals surface area contributed by atoms with Gasteiger partial charge in [0.15, 0.2) is 0 Å². The Morgan fingerprint density at radius 2 is 1.56 bits per heavy atom. The van der Waals surface area contributed by atoms with Gasteiger partial charge in [-0.1, -0.05) is 41.4 Å². The zero-order chi connectivity index (χ0) is 34.6. The molecule has 1 aromatic heterocycles. The van der Waals surface area contributed by atoms with Crippen molar-refractivity contribution in [2.24, 2.45) is 0 Å². The van der Waals surface area contributed by atoms with E-state index in [1.165, 1.54) is 58.8 Å². The molecule has 1 amide bonds. The summed E-state index contributed by atoms with van der Waals surface area (Å²) in [5.74, 6) is -1.19. The Morgan fingerprint density at radius 1 is 0.896 bits per heavy atom. The van der Waals surface area contributed by atoms with Crippen LogP contribution in [0.5, 0.6) is 0 Å². The van der Waals surface area contributed by atoms with Gasteiger partial charge in [-0.2, -0.15) is 4.31 Å². The predicted octanol–water partition coefficient (Wildman–Crippen LogP) is 6.69. The molecule has 1 aliphatic rings. The second-order valence-corrected chi connectivity index (χ2v) is 13.3. The van der Waals surface area contributed by atoms with Crippen LogP contribution in [0.15, 0.2) is 111 Å². The number of hydrogen-bond donors (Lipinski definition) is 0. The molecule has 0 bridgehead atoms. The molecular weight excluding hydrogens is 656 g/mol. The molecule has 1 aliphatic heterocycles. The maximum absolute atomic E-state index is 13.8. The number of carbonyl (C=O) groups excluding carboxylic acids is 3. The van der Waals surface area contributed by atoms with Gasteiger partial charge in [-0.05, 0) is 93.1 Å². The molecule has 0 atom stereocenters. The van der Waals surface area contributed by atoms with Crippen molar-refractivity contribution in [2.75, 3.05) is 18.6 Å². The fourth-order valence-corrected chi connectivity index (χ4v) is 6.72. The first-order valence-corrected chi connectivity index (χ1v) is 16.8. The van der Waals surface area contributed by atoms with Gasteiger partial charge in [-0.15, -0.1) is 0 Å². The number of hydrogen-bond acceptors (Lipinski definition) is 8. The number of rotatable bonds is 11. The third-order valence-electron chi connectivity index (χ3n) is 7.66. The number of anilines is 1. The van der Waals surface area contributed by atoms with Gasteiger partial charge in [-0.3, -0.25) is 9.69 Å². The topological polar surface area (TPSA) is 123 Å². The summed E-state index contributed by atoms with van der Waals surface area (Å²) in [5, 5.41) is 0.409. The van der Waals surface area contributed by atoms with E-state index in [9.17, 15) is 22.8 Å². The molecule has 48 heavy (non-hydrogen) atoms. The predicted molar refractivity (Wildman–Crippen MR) is 180 cm³/mol. The smallest absolute Gasteiger partial charge is 0.340 e. The average molecular weight is 689 g/mol. The lowest BCUT2D eigenvalue weighted by molar-refractivity contribution is -0.136. The van der Waals surface area contributed by atoms with Crippen molar-refractivity contribution < 1.29 is 36.7 Å². The SMILES string of the molecule is CCOC(=O)c1ccc(N2C(=O)/C(=C/c3ccc(CN(Cc4ccc(C)cc4)S(=O)(=O)c4ccc(Cl)cc4)o3)C(C(=O)OC)=C2C)cc1. The Kier molecular flexibility index (Phi) is 10.3. The van der Waals surface area contributed by atoms with Gasteiger partial charge in [0.05, 0.1) is 41.9 Å². The third kappa shape index (κ3) is 7.28. The Bertz CT molecular complexity index is 2010. The van der Waals surface area contributed by atoms with Crippen molar-refractivity contribution in [2.45, 2.75) is 38.8 Å². The minimum absolute atomic E-state index is 0.0278. The number of nitrogens with zero attached hydrogens (tertiary/aromatic N) is 2. The summed E-state index contributed by atoms with van der Waals surface area (Å²) in [7, 11) is -2.77. The number of amides is 1. The standard InChI is InChI=1S/C36H33ClN2O8S/c1-5-46-35(41)26-10-14-28(15-11-26)39-24(3)33(36(42)45-4)32(34(39)40)20-29-16-17-30(47-29)22-38(21-25-8-6-23(2)7-9-25)48(43,44)31-18-12-27(37)13-19-31/h6-20H,5,21-22H2,1-4H3/b32-20+. The number of methoxy groups -OCH3 is 1. The van der Waals surface area contributed by atoms with Crippen molar-refractivity contribution in [3.05, 3.63) is 135 Å². The largest absolute Gasteiger partial charge is 0.465 e. The molecule has 12 heteroatoms. The van der Waals surface area contributed by atoms with Crippen LogP contribution in [0, 0.1) is 6.92 Å². The molecule has 248 valence electrons. The summed E-state index contributed by atoms with van der Waals surface area (Å²) in [6, 6.07) is 22.9. The lowest BCUT2D eigenvalue weighted by Crippen LogP contribution is -2.30. The zero-order valence-corrected chi connectivity index (χ0v) is 28.3. The monoisotopic (exact) mass is 688 g/mol. The second-order valence-electron chi connectivity index (χ2n) is 10.9. The summed E-state index contributed by atoms with van der Waals surface area (Å²) in [4.78, 5) is 40.2. The lowest BCUT2D eigenvalue weighted by atomic mass is 10.1. The highest BCUT2D eigenvalue weighted by atomic mass is 35.5. The van der Waals surface area contributed by atoms with Crippen LogP contribution >= 0.6 is 11.6 Å². The number of sulfonamides is 1. The van der Waals surface area contributed by atoms with Gasteiger partial charge in [0, 0.05) is 23.0 Å². The van der Waals surface area contributed by atoms with Crippen LogP contribution < -0.4 is 4.90 Å². The molecule has 10 nitrogen and oxygen atoms in total. The Balaban J connectivity index is 1.46. The molecule has 4 aromatic rings. The fraction of sp³-hybridized carbons (Fsp3) is 0.194. The molecule has 0 fully saturated rings. The van der Waals surface area contributed by atoms with Crippen LogP contribution in [0.1, 0.15) is 46.9 Å². The highest BCUT2D eigenvalue weighted by molar-refractivity contribution is 7.89. The molecule has 0 radical (unpaired) electrons. The highest BCUT2D eigenvalue weighted by Gasteiger charge is 2.38. The number of halogens is 1. The van der Waals surface area contributed by atoms with E-state index in [2.05, 4.69) is 0 Å². The van der Waals surface area contributed by atoms with Crippen LogP contribution in [0.2, 0.25) is 5.02 Å². The second kappa shape index (κ2) is 14.4. The molecule has 5 rings (SSSR count). The van der Waals surface area contributed by atoms with Gasteiger partial charge < -0.3 is 13.9 Å². The van der Waals surface area contributed by atoms with Crippen LogP contribution in [-0.4, -0.2) is 44.3 Å². The number of ether oxygens (including phenoxy) is 2. The minimum Gasteiger partial charge on any atom is -0.465 e. The molecule has 3 aromatic carbocycles. The molecule has 0 saturated heterocycles. The van der Waals surface area contributed by atoms with Crippen molar-refractivity contribution >= 4 is 51.2 Å². The summed E-state index contributed by atoms with van der Waals surface area (Å²) in [5.41, 5.74) is 2.96. The summed E-state index contributed by atoms with van der Waals surface area (Å²) in [6.45, 7) is 5.44. The van der Waals surface area contributed by atoms with Gasteiger partial charge >= 0.3 is 11.9 Å². The van der Waals surface area contributed by atoms with E-state index in [-0.39, 0.29) is 41.5 Å². The van der Waals surface area contributed by atoms with Crippen LogP contribution in [0.4, 0.5) is 5.69 Å². The zero-order valence-electron chi connectivity index (χ0n) is 26.7. The van der Waals surface area contributed by atoms with E-state index < -0.39 is 27.9 Å². The van der Waals surface area contributed by atoms with Crippen molar-refractivity contribution in [3.8, 4) is 0 Å². The summed E-state index contributed by atoms with van der Waals surface area (Å²) in [6.07, 6.45) is 1.42. The van der Waals surface area contributed by atoms with Crippen molar-refractivity contribution in [1.82, 2.24) is 4.31 Å². The Hall–Kier alpha value is -4.97. The van der Waals surface area contributed by atoms with E-state index >= 15 is 0 Å². The molecule has 0 aliphatic carbocycles. The van der Waals surface area contributed by atoms with Gasteiger partial charge in [0.2, 0.25) is 10.0 Å². The van der Waals surface area contributed by atoms with Gasteiger partial charge in [0.25, 0.3) is 5.91 Å². The number of esters is 2. The molecule has 0 saturated carbocycles. The first-order valence-electron chi connectivity index (χ1n) is 15.0. The first-order chi connectivity index (χ1) is 22.9. The Labute approximate surface area is 283 Å². The average Bonchev–Trinajstić information content (AvgIpc) is 3.62. The third-order valence-corrected chi connectivity index (χ3v) is 9.72. The van der Waals surface area contributed by atoms with E-state index in [0.717, 1.165) is 11.1 Å². The lowest BCUT2D eigenvalue weighted by Gasteiger charge is -2.21. The maximum Gasteiger partial charge on any atom is 0.340 e. The molecule has 2 heterocycles. The van der Waals surface area contributed by atoms with Gasteiger partial charge in [-0.25, -0.2) is 18.0 Å².